The van der Waals surface area contributed by atoms with Crippen molar-refractivity contribution in [2.45, 2.75) is 45.6 Å². The molecule has 0 aliphatic carbocycles. The Kier molecular flexibility index (Phi) is 3.85. The molecule has 1 amide bonds. The minimum atomic E-state index is 0.240. The molecule has 0 aromatic heterocycles. The molecule has 2 aliphatic heterocycles. The zero-order valence-corrected chi connectivity index (χ0v) is 10.5. The molecule has 92 valence electrons. The normalized spacial score (nSPS) is 36.1. The van der Waals surface area contributed by atoms with E-state index in [-0.39, 0.29) is 5.92 Å². The standard InChI is InChI=1S/C13H24N2O/c1-10-5-7-15(11(2)8-10)13(16)12-4-3-6-14-9-12/h10-12,14H,3-9H2,1-2H3/t10?,11?,12-/m1/s1. The fraction of sp³-hybridized carbons (Fsp3) is 0.923. The topological polar surface area (TPSA) is 32.3 Å². The van der Waals surface area contributed by atoms with Gasteiger partial charge in [0, 0.05) is 19.1 Å². The summed E-state index contributed by atoms with van der Waals surface area (Å²) in [6.45, 7) is 7.43. The van der Waals surface area contributed by atoms with Crippen molar-refractivity contribution in [1.82, 2.24) is 10.2 Å². The number of amides is 1. The summed E-state index contributed by atoms with van der Waals surface area (Å²) in [5.41, 5.74) is 0. The van der Waals surface area contributed by atoms with Gasteiger partial charge in [0.05, 0.1) is 5.92 Å². The van der Waals surface area contributed by atoms with Gasteiger partial charge in [-0.2, -0.15) is 0 Å². The van der Waals surface area contributed by atoms with E-state index >= 15 is 0 Å². The zero-order valence-electron chi connectivity index (χ0n) is 10.5. The van der Waals surface area contributed by atoms with Crippen LogP contribution in [0.25, 0.3) is 0 Å². The number of carbonyl (C=O) groups excluding carboxylic acids is 1. The summed E-state index contributed by atoms with van der Waals surface area (Å²) >= 11 is 0. The van der Waals surface area contributed by atoms with Gasteiger partial charge in [-0.05, 0) is 45.1 Å². The number of nitrogens with zero attached hydrogens (tertiary/aromatic N) is 1. The Morgan fingerprint density at radius 1 is 1.31 bits per heavy atom. The Morgan fingerprint density at radius 2 is 2.12 bits per heavy atom. The third kappa shape index (κ3) is 2.57. The van der Waals surface area contributed by atoms with Gasteiger partial charge in [0.25, 0.3) is 0 Å². The molecular weight excluding hydrogens is 200 g/mol. The summed E-state index contributed by atoms with van der Waals surface area (Å²) in [5, 5.41) is 3.33. The summed E-state index contributed by atoms with van der Waals surface area (Å²) in [7, 11) is 0. The fourth-order valence-corrected chi connectivity index (χ4v) is 3.03. The zero-order chi connectivity index (χ0) is 11.5. The fourth-order valence-electron chi connectivity index (χ4n) is 3.03. The van der Waals surface area contributed by atoms with Crippen LogP contribution in [0.1, 0.15) is 39.5 Å². The van der Waals surface area contributed by atoms with Crippen LogP contribution in [-0.2, 0) is 4.79 Å². The maximum atomic E-state index is 12.4. The summed E-state index contributed by atoms with van der Waals surface area (Å²) in [4.78, 5) is 14.5. The maximum Gasteiger partial charge on any atom is 0.227 e. The average Bonchev–Trinajstić information content (AvgIpc) is 2.29. The van der Waals surface area contributed by atoms with E-state index in [2.05, 4.69) is 24.1 Å². The highest BCUT2D eigenvalue weighted by molar-refractivity contribution is 5.79. The molecule has 0 aromatic carbocycles. The number of rotatable bonds is 1. The SMILES string of the molecule is CC1CCN(C(=O)[C@@H]2CCCNC2)C(C)C1. The van der Waals surface area contributed by atoms with E-state index in [1.54, 1.807) is 0 Å². The van der Waals surface area contributed by atoms with Crippen LogP contribution >= 0.6 is 0 Å². The molecular formula is C13H24N2O. The van der Waals surface area contributed by atoms with Crippen molar-refractivity contribution in [3.05, 3.63) is 0 Å². The highest BCUT2D eigenvalue weighted by Crippen LogP contribution is 2.25. The van der Waals surface area contributed by atoms with Gasteiger partial charge in [-0.1, -0.05) is 6.92 Å². The lowest BCUT2D eigenvalue weighted by molar-refractivity contribution is -0.140. The Hall–Kier alpha value is -0.570. The molecule has 0 bridgehead atoms. The van der Waals surface area contributed by atoms with Crippen LogP contribution in [0.3, 0.4) is 0 Å². The highest BCUT2D eigenvalue weighted by Gasteiger charge is 2.31. The first-order chi connectivity index (χ1) is 7.68. The number of likely N-dealkylation sites (tertiary alicyclic amines) is 1. The predicted molar refractivity (Wildman–Crippen MR) is 65.2 cm³/mol. The van der Waals surface area contributed by atoms with Gasteiger partial charge in [0.1, 0.15) is 0 Å². The van der Waals surface area contributed by atoms with E-state index in [0.717, 1.165) is 38.4 Å². The molecule has 2 unspecified atom stereocenters. The van der Waals surface area contributed by atoms with Crippen LogP contribution in [0.5, 0.6) is 0 Å². The van der Waals surface area contributed by atoms with Gasteiger partial charge in [0.2, 0.25) is 5.91 Å². The van der Waals surface area contributed by atoms with Gasteiger partial charge < -0.3 is 10.2 Å². The van der Waals surface area contributed by atoms with Crippen LogP contribution in [0, 0.1) is 11.8 Å². The summed E-state index contributed by atoms with van der Waals surface area (Å²) in [6.07, 6.45) is 4.57. The van der Waals surface area contributed by atoms with Crippen molar-refractivity contribution in [2.75, 3.05) is 19.6 Å². The van der Waals surface area contributed by atoms with E-state index in [0.29, 0.717) is 11.9 Å². The Labute approximate surface area is 98.6 Å². The molecule has 3 nitrogen and oxygen atoms in total. The van der Waals surface area contributed by atoms with E-state index in [9.17, 15) is 4.79 Å². The first-order valence-corrected chi connectivity index (χ1v) is 6.69. The number of piperidine rings is 2. The Morgan fingerprint density at radius 3 is 2.75 bits per heavy atom. The van der Waals surface area contributed by atoms with Crippen molar-refractivity contribution in [1.29, 1.82) is 0 Å². The van der Waals surface area contributed by atoms with Crippen LogP contribution in [0.2, 0.25) is 0 Å². The lowest BCUT2D eigenvalue weighted by Gasteiger charge is -2.39. The van der Waals surface area contributed by atoms with Gasteiger partial charge in [-0.3, -0.25) is 4.79 Å². The number of hydrogen-bond donors (Lipinski definition) is 1. The smallest absolute Gasteiger partial charge is 0.227 e. The van der Waals surface area contributed by atoms with Gasteiger partial charge in [-0.25, -0.2) is 0 Å². The molecule has 2 fully saturated rings. The van der Waals surface area contributed by atoms with Gasteiger partial charge >= 0.3 is 0 Å². The molecule has 0 aromatic rings. The third-order valence-electron chi connectivity index (χ3n) is 4.07. The average molecular weight is 224 g/mol. The van der Waals surface area contributed by atoms with Crippen LogP contribution in [-0.4, -0.2) is 36.5 Å². The van der Waals surface area contributed by atoms with Gasteiger partial charge in [-0.15, -0.1) is 0 Å². The molecule has 3 atom stereocenters. The maximum absolute atomic E-state index is 12.4. The predicted octanol–water partition coefficient (Wildman–Crippen LogP) is 1.63. The summed E-state index contributed by atoms with van der Waals surface area (Å²) in [5.74, 6) is 1.42. The molecule has 2 aliphatic rings. The van der Waals surface area contributed by atoms with E-state index in [1.807, 2.05) is 0 Å². The number of nitrogens with one attached hydrogen (secondary N) is 1. The molecule has 16 heavy (non-hydrogen) atoms. The molecule has 0 radical (unpaired) electrons. The van der Waals surface area contributed by atoms with Crippen molar-refractivity contribution >= 4 is 5.91 Å². The molecule has 0 spiro atoms. The van der Waals surface area contributed by atoms with Crippen molar-refractivity contribution in [3.8, 4) is 0 Å². The second kappa shape index (κ2) is 5.17. The second-order valence-electron chi connectivity index (χ2n) is 5.55. The lowest BCUT2D eigenvalue weighted by atomic mass is 9.90. The minimum absolute atomic E-state index is 0.240. The number of carbonyl (C=O) groups is 1. The van der Waals surface area contributed by atoms with Crippen molar-refractivity contribution < 1.29 is 4.79 Å². The van der Waals surface area contributed by atoms with Crippen molar-refractivity contribution in [2.24, 2.45) is 11.8 Å². The molecule has 0 saturated carbocycles. The molecule has 2 heterocycles. The third-order valence-corrected chi connectivity index (χ3v) is 4.07. The molecule has 1 N–H and O–H groups in total. The van der Waals surface area contributed by atoms with Crippen molar-refractivity contribution in [3.63, 3.8) is 0 Å². The Balaban J connectivity index is 1.92. The molecule has 3 heteroatoms. The quantitative estimate of drug-likeness (QED) is 0.734. The van der Waals surface area contributed by atoms with Crippen LogP contribution < -0.4 is 5.32 Å². The monoisotopic (exact) mass is 224 g/mol. The lowest BCUT2D eigenvalue weighted by Crippen LogP contribution is -2.49. The largest absolute Gasteiger partial charge is 0.340 e. The Bertz CT molecular complexity index is 248. The first-order valence-electron chi connectivity index (χ1n) is 6.69. The first kappa shape index (κ1) is 11.9. The van der Waals surface area contributed by atoms with E-state index < -0.39 is 0 Å². The summed E-state index contributed by atoms with van der Waals surface area (Å²) < 4.78 is 0. The van der Waals surface area contributed by atoms with Crippen LogP contribution in [0.4, 0.5) is 0 Å². The second-order valence-corrected chi connectivity index (χ2v) is 5.55. The minimum Gasteiger partial charge on any atom is -0.340 e. The van der Waals surface area contributed by atoms with Gasteiger partial charge in [0.15, 0.2) is 0 Å². The summed E-state index contributed by atoms with van der Waals surface area (Å²) in [6, 6.07) is 0.443. The highest BCUT2D eigenvalue weighted by atomic mass is 16.2. The van der Waals surface area contributed by atoms with E-state index in [4.69, 9.17) is 0 Å². The number of hydrogen-bond acceptors (Lipinski definition) is 2. The molecule has 2 rings (SSSR count). The molecule has 2 saturated heterocycles. The van der Waals surface area contributed by atoms with E-state index in [1.165, 1.54) is 12.8 Å². The van der Waals surface area contributed by atoms with Crippen LogP contribution in [0.15, 0.2) is 0 Å².